The van der Waals surface area contributed by atoms with Crippen molar-refractivity contribution in [3.63, 3.8) is 0 Å². The van der Waals surface area contributed by atoms with Crippen molar-refractivity contribution in [1.29, 1.82) is 0 Å². The van der Waals surface area contributed by atoms with Gasteiger partial charge in [0.25, 0.3) is 0 Å². The Balaban J connectivity index is 1.53. The third-order valence-electron chi connectivity index (χ3n) is 4.51. The predicted octanol–water partition coefficient (Wildman–Crippen LogP) is 2.64. The van der Waals surface area contributed by atoms with Gasteiger partial charge in [-0.2, -0.15) is 0 Å². The van der Waals surface area contributed by atoms with E-state index < -0.39 is 0 Å². The summed E-state index contributed by atoms with van der Waals surface area (Å²) in [5.74, 6) is 1.04. The predicted molar refractivity (Wildman–Crippen MR) is 69.7 cm³/mol. The average Bonchev–Trinajstić information content (AvgIpc) is 2.79. The molecule has 2 heteroatoms. The number of nitrogens with zero attached hydrogens (tertiary/aromatic N) is 1. The molecule has 0 aromatic rings. The summed E-state index contributed by atoms with van der Waals surface area (Å²) in [5.41, 5.74) is 0. The topological polar surface area (TPSA) is 15.3 Å². The normalized spacial score (nSPS) is 28.7. The fourth-order valence-electron chi connectivity index (χ4n) is 3.28. The standard InChI is InChI=1S/C14H28N2/c1-16-11-5-4-8-14(16)12-15-10-9-13-6-2-3-7-13/h13-15H,2-12H2,1H3. The van der Waals surface area contributed by atoms with Gasteiger partial charge in [0.05, 0.1) is 0 Å². The van der Waals surface area contributed by atoms with Crippen LogP contribution in [0.3, 0.4) is 0 Å². The van der Waals surface area contributed by atoms with Crippen LogP contribution in [0.15, 0.2) is 0 Å². The smallest absolute Gasteiger partial charge is 0.0217 e. The van der Waals surface area contributed by atoms with E-state index in [0.29, 0.717) is 0 Å². The van der Waals surface area contributed by atoms with Crippen LogP contribution in [0.2, 0.25) is 0 Å². The van der Waals surface area contributed by atoms with Gasteiger partial charge in [-0.05, 0) is 45.3 Å². The van der Waals surface area contributed by atoms with E-state index in [1.165, 1.54) is 71.0 Å². The van der Waals surface area contributed by atoms with E-state index in [1.807, 2.05) is 0 Å². The molecule has 94 valence electrons. The van der Waals surface area contributed by atoms with E-state index in [9.17, 15) is 0 Å². The quantitative estimate of drug-likeness (QED) is 0.722. The summed E-state index contributed by atoms with van der Waals surface area (Å²) in [5, 5.41) is 3.67. The van der Waals surface area contributed by atoms with Crippen molar-refractivity contribution in [2.24, 2.45) is 5.92 Å². The Morgan fingerprint density at radius 3 is 2.56 bits per heavy atom. The molecule has 1 saturated heterocycles. The molecule has 0 bridgehead atoms. The monoisotopic (exact) mass is 224 g/mol. The van der Waals surface area contributed by atoms with E-state index in [4.69, 9.17) is 0 Å². The van der Waals surface area contributed by atoms with Crippen molar-refractivity contribution < 1.29 is 0 Å². The fourth-order valence-corrected chi connectivity index (χ4v) is 3.28. The molecule has 1 N–H and O–H groups in total. The first-order valence-electron chi connectivity index (χ1n) is 7.27. The largest absolute Gasteiger partial charge is 0.315 e. The fraction of sp³-hybridized carbons (Fsp3) is 1.00. The Labute approximate surface area is 101 Å². The lowest BCUT2D eigenvalue weighted by Crippen LogP contribution is -2.43. The van der Waals surface area contributed by atoms with Crippen LogP contribution in [0.1, 0.15) is 51.4 Å². The molecule has 0 radical (unpaired) electrons. The van der Waals surface area contributed by atoms with Crippen LogP contribution in [0.25, 0.3) is 0 Å². The van der Waals surface area contributed by atoms with E-state index in [2.05, 4.69) is 17.3 Å². The number of nitrogens with one attached hydrogen (secondary N) is 1. The molecule has 0 aromatic heterocycles. The van der Waals surface area contributed by atoms with Gasteiger partial charge in [0.2, 0.25) is 0 Å². The summed E-state index contributed by atoms with van der Waals surface area (Å²) in [6.07, 6.45) is 11.6. The minimum atomic E-state index is 0.803. The minimum Gasteiger partial charge on any atom is -0.315 e. The molecule has 2 fully saturated rings. The average molecular weight is 224 g/mol. The molecule has 16 heavy (non-hydrogen) atoms. The van der Waals surface area contributed by atoms with E-state index >= 15 is 0 Å². The van der Waals surface area contributed by atoms with Crippen LogP contribution >= 0.6 is 0 Å². The first-order chi connectivity index (χ1) is 7.86. The second-order valence-electron chi connectivity index (χ2n) is 5.77. The molecule has 0 spiro atoms. The third-order valence-corrected chi connectivity index (χ3v) is 4.51. The molecule has 1 saturated carbocycles. The first kappa shape index (κ1) is 12.4. The Kier molecular flexibility index (Phi) is 5.11. The van der Waals surface area contributed by atoms with Crippen LogP contribution in [-0.4, -0.2) is 37.6 Å². The Morgan fingerprint density at radius 1 is 1.06 bits per heavy atom. The molecular formula is C14H28N2. The number of hydrogen-bond acceptors (Lipinski definition) is 2. The summed E-state index contributed by atoms with van der Waals surface area (Å²) in [6.45, 7) is 3.76. The van der Waals surface area contributed by atoms with Gasteiger partial charge in [-0.3, -0.25) is 0 Å². The molecule has 0 aromatic carbocycles. The Hall–Kier alpha value is -0.0800. The van der Waals surface area contributed by atoms with Crippen molar-refractivity contribution >= 4 is 0 Å². The molecule has 1 heterocycles. The summed E-state index contributed by atoms with van der Waals surface area (Å²) in [7, 11) is 2.28. The number of rotatable bonds is 5. The van der Waals surface area contributed by atoms with Crippen LogP contribution in [0.4, 0.5) is 0 Å². The number of likely N-dealkylation sites (N-methyl/N-ethyl adjacent to an activating group) is 1. The van der Waals surface area contributed by atoms with E-state index in [1.54, 1.807) is 0 Å². The van der Waals surface area contributed by atoms with E-state index in [-0.39, 0.29) is 0 Å². The second kappa shape index (κ2) is 6.61. The van der Waals surface area contributed by atoms with Gasteiger partial charge >= 0.3 is 0 Å². The van der Waals surface area contributed by atoms with Crippen molar-refractivity contribution in [2.45, 2.75) is 57.4 Å². The van der Waals surface area contributed by atoms with Gasteiger partial charge in [0, 0.05) is 12.6 Å². The summed E-state index contributed by atoms with van der Waals surface area (Å²) in [6, 6.07) is 0.803. The number of piperidine rings is 1. The molecule has 1 aliphatic heterocycles. The number of likely N-dealkylation sites (tertiary alicyclic amines) is 1. The first-order valence-corrected chi connectivity index (χ1v) is 7.27. The highest BCUT2D eigenvalue weighted by Gasteiger charge is 2.18. The third kappa shape index (κ3) is 3.74. The van der Waals surface area contributed by atoms with E-state index in [0.717, 1.165) is 12.0 Å². The molecule has 0 amide bonds. The van der Waals surface area contributed by atoms with Gasteiger partial charge < -0.3 is 10.2 Å². The zero-order valence-corrected chi connectivity index (χ0v) is 10.9. The van der Waals surface area contributed by atoms with Gasteiger partial charge in [0.15, 0.2) is 0 Å². The van der Waals surface area contributed by atoms with Gasteiger partial charge in [-0.25, -0.2) is 0 Å². The molecule has 1 unspecified atom stereocenters. The highest BCUT2D eigenvalue weighted by molar-refractivity contribution is 4.76. The SMILES string of the molecule is CN1CCCCC1CNCCC1CCCC1. The van der Waals surface area contributed by atoms with Gasteiger partial charge in [-0.15, -0.1) is 0 Å². The number of hydrogen-bond donors (Lipinski definition) is 1. The lowest BCUT2D eigenvalue weighted by atomic mass is 10.0. The Bertz CT molecular complexity index is 187. The van der Waals surface area contributed by atoms with Crippen LogP contribution < -0.4 is 5.32 Å². The zero-order valence-electron chi connectivity index (χ0n) is 10.9. The van der Waals surface area contributed by atoms with Crippen LogP contribution in [0, 0.1) is 5.92 Å². The molecule has 2 aliphatic rings. The highest BCUT2D eigenvalue weighted by atomic mass is 15.2. The lowest BCUT2D eigenvalue weighted by Gasteiger charge is -2.32. The molecule has 2 nitrogen and oxygen atoms in total. The Morgan fingerprint density at radius 2 is 1.81 bits per heavy atom. The van der Waals surface area contributed by atoms with Crippen LogP contribution in [0.5, 0.6) is 0 Å². The molecular weight excluding hydrogens is 196 g/mol. The van der Waals surface area contributed by atoms with Crippen molar-refractivity contribution in [3.05, 3.63) is 0 Å². The zero-order chi connectivity index (χ0) is 11.2. The maximum atomic E-state index is 3.67. The molecule has 1 aliphatic carbocycles. The van der Waals surface area contributed by atoms with Crippen molar-refractivity contribution in [2.75, 3.05) is 26.7 Å². The molecule has 1 atom stereocenters. The highest BCUT2D eigenvalue weighted by Crippen LogP contribution is 2.26. The minimum absolute atomic E-state index is 0.803. The van der Waals surface area contributed by atoms with Crippen molar-refractivity contribution in [1.82, 2.24) is 10.2 Å². The summed E-state index contributed by atoms with van der Waals surface area (Å²) in [4.78, 5) is 2.53. The maximum absolute atomic E-state index is 3.67. The summed E-state index contributed by atoms with van der Waals surface area (Å²) < 4.78 is 0. The maximum Gasteiger partial charge on any atom is 0.0217 e. The van der Waals surface area contributed by atoms with Crippen LogP contribution in [-0.2, 0) is 0 Å². The molecule has 2 rings (SSSR count). The van der Waals surface area contributed by atoms with Gasteiger partial charge in [0.1, 0.15) is 0 Å². The summed E-state index contributed by atoms with van der Waals surface area (Å²) >= 11 is 0. The second-order valence-corrected chi connectivity index (χ2v) is 5.77. The lowest BCUT2D eigenvalue weighted by molar-refractivity contribution is 0.181. The van der Waals surface area contributed by atoms with Crippen molar-refractivity contribution in [3.8, 4) is 0 Å². The van der Waals surface area contributed by atoms with Gasteiger partial charge in [-0.1, -0.05) is 32.1 Å².